The molecule has 4 aromatic rings. The third kappa shape index (κ3) is 4.59. The first-order valence-corrected chi connectivity index (χ1v) is 12.6. The second kappa shape index (κ2) is 9.70. The molecular weight excluding hydrogens is 445 g/mol. The summed E-state index contributed by atoms with van der Waals surface area (Å²) in [4.78, 5) is 14.3. The van der Waals surface area contributed by atoms with Gasteiger partial charge in [-0.1, -0.05) is 6.07 Å². The van der Waals surface area contributed by atoms with Gasteiger partial charge in [0, 0.05) is 35.2 Å². The number of aliphatic hydroxyl groups is 1. The zero-order valence-corrected chi connectivity index (χ0v) is 19.2. The summed E-state index contributed by atoms with van der Waals surface area (Å²) in [6.07, 6.45) is 7.82. The van der Waals surface area contributed by atoms with Crippen molar-refractivity contribution >= 4 is 32.9 Å². The maximum Gasteiger partial charge on any atom is 0.132 e. The minimum Gasteiger partial charge on any atom is -0.381 e. The monoisotopic (exact) mass is 469 g/mol. The Morgan fingerprint density at radius 1 is 1.16 bits per heavy atom. The summed E-state index contributed by atoms with van der Waals surface area (Å²) in [5.41, 5.74) is 2.37. The number of aryl methyl sites for hydroxylation is 1. The first-order chi connectivity index (χ1) is 15.7. The number of benzene rings is 1. The van der Waals surface area contributed by atoms with Gasteiger partial charge in [-0.3, -0.25) is 0 Å². The number of hydrogen-bond donors (Lipinski definition) is 1. The minimum atomic E-state index is -0.894. The molecule has 1 fully saturated rings. The van der Waals surface area contributed by atoms with Gasteiger partial charge in [0.05, 0.1) is 15.9 Å². The van der Waals surface area contributed by atoms with Crippen molar-refractivity contribution in [3.05, 3.63) is 63.4 Å². The predicted octanol–water partition coefficient (Wildman–Crippen LogP) is 5.78. The quantitative estimate of drug-likeness (QED) is 0.387. The predicted molar refractivity (Wildman–Crippen MR) is 125 cm³/mol. The summed E-state index contributed by atoms with van der Waals surface area (Å²) < 4.78 is 21.3. The van der Waals surface area contributed by atoms with E-state index in [9.17, 15) is 9.50 Å². The van der Waals surface area contributed by atoms with E-state index in [4.69, 9.17) is 4.74 Å². The average molecular weight is 470 g/mol. The van der Waals surface area contributed by atoms with Crippen molar-refractivity contribution in [3.63, 3.8) is 0 Å². The fraction of sp³-hybridized carbons (Fsp3) is 0.375. The van der Waals surface area contributed by atoms with Crippen LogP contribution >= 0.6 is 22.7 Å². The lowest BCUT2D eigenvalue weighted by molar-refractivity contribution is 0.141. The zero-order chi connectivity index (χ0) is 21.9. The van der Waals surface area contributed by atoms with Gasteiger partial charge in [-0.2, -0.15) is 0 Å². The number of hydrogen-bond acceptors (Lipinski definition) is 7. The van der Waals surface area contributed by atoms with Crippen LogP contribution < -0.4 is 0 Å². The normalized spacial score (nSPS) is 18.0. The molecule has 166 valence electrons. The molecule has 8 heteroatoms. The highest BCUT2D eigenvalue weighted by atomic mass is 32.1. The van der Waals surface area contributed by atoms with Gasteiger partial charge in [-0.15, -0.1) is 22.7 Å². The van der Waals surface area contributed by atoms with Gasteiger partial charge in [-0.05, 0) is 61.8 Å². The second-order valence-corrected chi connectivity index (χ2v) is 10.2. The molecule has 0 spiro atoms. The maximum atomic E-state index is 14.9. The third-order valence-corrected chi connectivity index (χ3v) is 8.00. The third-order valence-electron chi connectivity index (χ3n) is 5.98. The Labute approximate surface area is 194 Å². The van der Waals surface area contributed by atoms with Crippen molar-refractivity contribution in [2.24, 2.45) is 5.92 Å². The molecule has 2 unspecified atom stereocenters. The van der Waals surface area contributed by atoms with E-state index in [1.54, 1.807) is 29.7 Å². The Morgan fingerprint density at radius 3 is 2.97 bits per heavy atom. The number of halogens is 1. The fourth-order valence-corrected chi connectivity index (χ4v) is 6.01. The van der Waals surface area contributed by atoms with Crippen LogP contribution in [0, 0.1) is 11.7 Å². The van der Waals surface area contributed by atoms with Crippen LogP contribution in [0.1, 0.15) is 47.2 Å². The molecule has 0 saturated carbocycles. The molecule has 1 aromatic carbocycles. The van der Waals surface area contributed by atoms with E-state index >= 15 is 0 Å². The topological polar surface area (TPSA) is 68.1 Å². The van der Waals surface area contributed by atoms with E-state index in [1.165, 1.54) is 35.0 Å². The van der Waals surface area contributed by atoms with Gasteiger partial charge in [0.15, 0.2) is 0 Å². The van der Waals surface area contributed by atoms with Crippen LogP contribution in [0.3, 0.4) is 0 Å². The van der Waals surface area contributed by atoms with E-state index in [0.717, 1.165) is 49.1 Å². The van der Waals surface area contributed by atoms with E-state index in [1.807, 2.05) is 5.38 Å². The maximum absolute atomic E-state index is 14.9. The molecule has 4 heterocycles. The number of aliphatic hydroxyl groups excluding tert-OH is 1. The average Bonchev–Trinajstić information content (AvgIpc) is 3.42. The fourth-order valence-electron chi connectivity index (χ4n) is 4.23. The lowest BCUT2D eigenvalue weighted by Crippen LogP contribution is -2.02. The minimum absolute atomic E-state index is 0.367. The van der Waals surface area contributed by atoms with Gasteiger partial charge in [-0.25, -0.2) is 19.3 Å². The number of aromatic nitrogens is 3. The number of ether oxygens (including phenoxy) is 1. The molecular formula is C24H24FN3O2S2. The number of nitrogens with zero attached hydrogens (tertiary/aromatic N) is 3. The number of rotatable bonds is 6. The Morgan fingerprint density at radius 2 is 2.09 bits per heavy atom. The lowest BCUT2D eigenvalue weighted by Gasteiger charge is -2.11. The summed E-state index contributed by atoms with van der Waals surface area (Å²) in [7, 11) is 0. The highest BCUT2D eigenvalue weighted by molar-refractivity contribution is 7.19. The van der Waals surface area contributed by atoms with Crippen LogP contribution in [0.2, 0.25) is 0 Å². The van der Waals surface area contributed by atoms with Gasteiger partial charge < -0.3 is 9.84 Å². The van der Waals surface area contributed by atoms with Gasteiger partial charge in [0.1, 0.15) is 23.3 Å². The van der Waals surface area contributed by atoms with Crippen molar-refractivity contribution in [2.45, 2.75) is 38.2 Å². The molecule has 1 aliphatic heterocycles. The van der Waals surface area contributed by atoms with E-state index < -0.39 is 6.10 Å². The molecule has 32 heavy (non-hydrogen) atoms. The van der Waals surface area contributed by atoms with Crippen molar-refractivity contribution < 1.29 is 14.2 Å². The van der Waals surface area contributed by atoms with Crippen LogP contribution in [-0.2, 0) is 11.2 Å². The summed E-state index contributed by atoms with van der Waals surface area (Å²) in [5, 5.41) is 13.1. The van der Waals surface area contributed by atoms with Gasteiger partial charge in [0.25, 0.3) is 0 Å². The highest BCUT2D eigenvalue weighted by Gasteiger charge is 2.19. The smallest absolute Gasteiger partial charge is 0.132 e. The second-order valence-electron chi connectivity index (χ2n) is 8.11. The molecule has 0 bridgehead atoms. The van der Waals surface area contributed by atoms with E-state index in [2.05, 4.69) is 21.0 Å². The highest BCUT2D eigenvalue weighted by Crippen LogP contribution is 2.36. The van der Waals surface area contributed by atoms with Crippen LogP contribution in [-0.4, -0.2) is 33.3 Å². The Kier molecular flexibility index (Phi) is 6.54. The molecule has 1 aliphatic rings. The van der Waals surface area contributed by atoms with Crippen molar-refractivity contribution in [1.29, 1.82) is 0 Å². The zero-order valence-electron chi connectivity index (χ0n) is 17.5. The molecule has 3 aromatic heterocycles. The standard InChI is InChI=1S/C24H24FN3O2S2/c25-19-6-4-16(22(29)24-26-8-11-31-24)12-18(19)21-23-20(27-14-28-21)13-17(32-23)5-3-15-2-1-9-30-10-7-15/h4,6,8,11-15,22,29H,1-3,5,7,9-10H2. The summed E-state index contributed by atoms with van der Waals surface area (Å²) in [5.74, 6) is 0.322. The van der Waals surface area contributed by atoms with E-state index in [-0.39, 0.29) is 5.82 Å². The first-order valence-electron chi connectivity index (χ1n) is 10.9. The molecule has 2 atom stereocenters. The molecule has 0 amide bonds. The van der Waals surface area contributed by atoms with Crippen molar-refractivity contribution in [3.8, 4) is 11.3 Å². The first kappa shape index (κ1) is 21.6. The number of thiophene rings is 1. The van der Waals surface area contributed by atoms with Crippen molar-refractivity contribution in [2.75, 3.05) is 13.2 Å². The van der Waals surface area contributed by atoms with Gasteiger partial charge in [0.2, 0.25) is 0 Å². The number of fused-ring (bicyclic) bond motifs is 1. The van der Waals surface area contributed by atoms with Crippen LogP contribution in [0.4, 0.5) is 4.39 Å². The molecule has 1 N–H and O–H groups in total. The van der Waals surface area contributed by atoms with Crippen LogP contribution in [0.25, 0.3) is 21.5 Å². The molecule has 0 radical (unpaired) electrons. The lowest BCUT2D eigenvalue weighted by atomic mass is 9.95. The SMILES string of the molecule is OC(c1ccc(F)c(-c2ncnc3cc(CCC4CCCOCC4)sc23)c1)c1nccs1. The van der Waals surface area contributed by atoms with E-state index in [0.29, 0.717) is 27.7 Å². The summed E-state index contributed by atoms with van der Waals surface area (Å²) in [6, 6.07) is 6.76. The molecule has 5 rings (SSSR count). The Hall–Kier alpha value is -2.26. The summed E-state index contributed by atoms with van der Waals surface area (Å²) >= 11 is 3.01. The molecule has 1 saturated heterocycles. The summed E-state index contributed by atoms with van der Waals surface area (Å²) in [6.45, 7) is 1.73. The largest absolute Gasteiger partial charge is 0.381 e. The number of thiazole rings is 1. The van der Waals surface area contributed by atoms with Gasteiger partial charge >= 0.3 is 0 Å². The van der Waals surface area contributed by atoms with Crippen LogP contribution in [0.15, 0.2) is 42.2 Å². The molecule has 0 aliphatic carbocycles. The Bertz CT molecular complexity index is 1190. The Balaban J connectivity index is 1.43. The van der Waals surface area contributed by atoms with Crippen LogP contribution in [0.5, 0.6) is 0 Å². The molecule has 5 nitrogen and oxygen atoms in total. The van der Waals surface area contributed by atoms with Crippen molar-refractivity contribution in [1.82, 2.24) is 15.0 Å².